The average Bonchev–Trinajstić information content (AvgIpc) is 2.48. The summed E-state index contributed by atoms with van der Waals surface area (Å²) in [5, 5.41) is 6.28. The maximum Gasteiger partial charge on any atom is 0.244 e. The Morgan fingerprint density at radius 1 is 1.30 bits per heavy atom. The second-order valence-electron chi connectivity index (χ2n) is 5.07. The molecule has 1 unspecified atom stereocenters. The summed E-state index contributed by atoms with van der Waals surface area (Å²) in [5.74, 6) is 1.59. The van der Waals surface area contributed by atoms with Gasteiger partial charge in [-0.05, 0) is 33.1 Å². The molecular formula is C14H23N5O. The summed E-state index contributed by atoms with van der Waals surface area (Å²) < 4.78 is 0. The Hall–Kier alpha value is -1.85. The van der Waals surface area contributed by atoms with Crippen LogP contribution < -0.4 is 10.6 Å². The SMILES string of the molecule is CCNc1cc(NC(C)C(=O)N2CCCCC2)ncn1. The Labute approximate surface area is 120 Å². The highest BCUT2D eigenvalue weighted by Gasteiger charge is 2.22. The van der Waals surface area contributed by atoms with Gasteiger partial charge in [0.1, 0.15) is 24.0 Å². The number of nitrogens with one attached hydrogen (secondary N) is 2. The molecule has 1 saturated heterocycles. The van der Waals surface area contributed by atoms with Crippen molar-refractivity contribution in [2.45, 2.75) is 39.2 Å². The number of rotatable bonds is 5. The molecule has 1 amide bonds. The zero-order chi connectivity index (χ0) is 14.4. The number of likely N-dealkylation sites (tertiary alicyclic amines) is 1. The van der Waals surface area contributed by atoms with Crippen LogP contribution in [0.5, 0.6) is 0 Å². The van der Waals surface area contributed by atoms with Gasteiger partial charge in [-0.1, -0.05) is 0 Å². The first kappa shape index (κ1) is 14.6. The van der Waals surface area contributed by atoms with Crippen molar-refractivity contribution in [3.8, 4) is 0 Å². The van der Waals surface area contributed by atoms with Crippen molar-refractivity contribution >= 4 is 17.5 Å². The summed E-state index contributed by atoms with van der Waals surface area (Å²) in [6.07, 6.45) is 4.94. The van der Waals surface area contributed by atoms with Gasteiger partial charge in [0, 0.05) is 25.7 Å². The van der Waals surface area contributed by atoms with Crippen LogP contribution in [0.15, 0.2) is 12.4 Å². The van der Waals surface area contributed by atoms with Gasteiger partial charge in [0.25, 0.3) is 0 Å². The van der Waals surface area contributed by atoms with Crippen molar-refractivity contribution in [3.05, 3.63) is 12.4 Å². The summed E-state index contributed by atoms with van der Waals surface area (Å²) in [7, 11) is 0. The van der Waals surface area contributed by atoms with Crippen molar-refractivity contribution in [1.82, 2.24) is 14.9 Å². The third-order valence-electron chi connectivity index (χ3n) is 3.43. The molecule has 110 valence electrons. The van der Waals surface area contributed by atoms with Gasteiger partial charge in [0.05, 0.1) is 0 Å². The van der Waals surface area contributed by atoms with Crippen LogP contribution in [0.3, 0.4) is 0 Å². The minimum Gasteiger partial charge on any atom is -0.370 e. The lowest BCUT2D eigenvalue weighted by molar-refractivity contribution is -0.132. The van der Waals surface area contributed by atoms with Gasteiger partial charge in [-0.25, -0.2) is 9.97 Å². The number of anilines is 2. The first-order chi connectivity index (χ1) is 9.70. The van der Waals surface area contributed by atoms with Crippen LogP contribution >= 0.6 is 0 Å². The topological polar surface area (TPSA) is 70.2 Å². The molecule has 1 aliphatic rings. The molecule has 1 aliphatic heterocycles. The first-order valence-corrected chi connectivity index (χ1v) is 7.32. The van der Waals surface area contributed by atoms with Crippen molar-refractivity contribution in [2.24, 2.45) is 0 Å². The van der Waals surface area contributed by atoms with E-state index in [4.69, 9.17) is 0 Å². The van der Waals surface area contributed by atoms with Gasteiger partial charge < -0.3 is 15.5 Å². The minimum atomic E-state index is -0.266. The number of hydrogen-bond acceptors (Lipinski definition) is 5. The zero-order valence-corrected chi connectivity index (χ0v) is 12.2. The largest absolute Gasteiger partial charge is 0.370 e. The molecular weight excluding hydrogens is 254 g/mol. The summed E-state index contributed by atoms with van der Waals surface area (Å²) >= 11 is 0. The van der Waals surface area contributed by atoms with Crippen molar-refractivity contribution < 1.29 is 4.79 Å². The molecule has 1 atom stereocenters. The molecule has 2 rings (SSSR count). The van der Waals surface area contributed by atoms with Crippen LogP contribution in [0.2, 0.25) is 0 Å². The molecule has 0 saturated carbocycles. The van der Waals surface area contributed by atoms with Gasteiger partial charge in [0.2, 0.25) is 5.91 Å². The van der Waals surface area contributed by atoms with Crippen molar-refractivity contribution in [2.75, 3.05) is 30.3 Å². The second-order valence-corrected chi connectivity index (χ2v) is 5.07. The number of carbonyl (C=O) groups excluding carboxylic acids is 1. The minimum absolute atomic E-state index is 0.147. The monoisotopic (exact) mass is 277 g/mol. The Balaban J connectivity index is 1.94. The number of hydrogen-bond donors (Lipinski definition) is 2. The Kier molecular flexibility index (Phi) is 5.15. The zero-order valence-electron chi connectivity index (χ0n) is 12.2. The molecule has 0 radical (unpaired) electrons. The summed E-state index contributed by atoms with van der Waals surface area (Å²) in [5.41, 5.74) is 0. The lowest BCUT2D eigenvalue weighted by atomic mass is 10.1. The highest BCUT2D eigenvalue weighted by molar-refractivity contribution is 5.84. The standard InChI is InChI=1S/C14H23N5O/c1-3-15-12-9-13(17-10-16-12)18-11(2)14(20)19-7-5-4-6-8-19/h9-11H,3-8H2,1-2H3,(H2,15,16,17,18). The molecule has 6 heteroatoms. The molecule has 1 fully saturated rings. The Bertz CT molecular complexity index is 445. The van der Waals surface area contributed by atoms with Gasteiger partial charge >= 0.3 is 0 Å². The molecule has 20 heavy (non-hydrogen) atoms. The lowest BCUT2D eigenvalue weighted by Crippen LogP contribution is -2.44. The number of aromatic nitrogens is 2. The van der Waals surface area contributed by atoms with Gasteiger partial charge in [-0.15, -0.1) is 0 Å². The van der Waals surface area contributed by atoms with E-state index in [1.807, 2.05) is 24.8 Å². The maximum absolute atomic E-state index is 12.3. The molecule has 1 aromatic heterocycles. The first-order valence-electron chi connectivity index (χ1n) is 7.32. The van der Waals surface area contributed by atoms with Crippen LogP contribution in [0, 0.1) is 0 Å². The quantitative estimate of drug-likeness (QED) is 0.857. The van der Waals surface area contributed by atoms with E-state index in [-0.39, 0.29) is 11.9 Å². The van der Waals surface area contributed by atoms with Crippen LogP contribution in [0.4, 0.5) is 11.6 Å². The fourth-order valence-electron chi connectivity index (χ4n) is 2.39. The van der Waals surface area contributed by atoms with E-state index in [2.05, 4.69) is 20.6 Å². The van der Waals surface area contributed by atoms with E-state index in [0.29, 0.717) is 5.82 Å². The fraction of sp³-hybridized carbons (Fsp3) is 0.643. The van der Waals surface area contributed by atoms with Gasteiger partial charge in [0.15, 0.2) is 0 Å². The smallest absolute Gasteiger partial charge is 0.244 e. The Morgan fingerprint density at radius 2 is 2.00 bits per heavy atom. The summed E-state index contributed by atoms with van der Waals surface area (Å²) in [6.45, 7) is 6.44. The third-order valence-corrected chi connectivity index (χ3v) is 3.43. The number of amides is 1. The molecule has 6 nitrogen and oxygen atoms in total. The van der Waals surface area contributed by atoms with Crippen LogP contribution in [-0.4, -0.2) is 46.5 Å². The van der Waals surface area contributed by atoms with E-state index >= 15 is 0 Å². The average molecular weight is 277 g/mol. The van der Waals surface area contributed by atoms with Gasteiger partial charge in [-0.3, -0.25) is 4.79 Å². The summed E-state index contributed by atoms with van der Waals surface area (Å²) in [6, 6.07) is 1.56. The molecule has 2 N–H and O–H groups in total. The molecule has 0 aliphatic carbocycles. The number of piperidine rings is 1. The van der Waals surface area contributed by atoms with Crippen LogP contribution in [0.25, 0.3) is 0 Å². The normalized spacial score (nSPS) is 16.6. The van der Waals surface area contributed by atoms with Crippen molar-refractivity contribution in [3.63, 3.8) is 0 Å². The highest BCUT2D eigenvalue weighted by atomic mass is 16.2. The predicted molar refractivity (Wildman–Crippen MR) is 79.7 cm³/mol. The van der Waals surface area contributed by atoms with Crippen LogP contribution in [-0.2, 0) is 4.79 Å². The molecule has 0 bridgehead atoms. The summed E-state index contributed by atoms with van der Waals surface area (Å²) in [4.78, 5) is 22.5. The third kappa shape index (κ3) is 3.82. The van der Waals surface area contributed by atoms with E-state index in [1.165, 1.54) is 12.7 Å². The predicted octanol–water partition coefficient (Wildman–Crippen LogP) is 1.72. The van der Waals surface area contributed by atoms with E-state index < -0.39 is 0 Å². The molecule has 0 spiro atoms. The fourth-order valence-corrected chi connectivity index (χ4v) is 2.39. The van der Waals surface area contributed by atoms with Gasteiger partial charge in [-0.2, -0.15) is 0 Å². The number of carbonyl (C=O) groups is 1. The van der Waals surface area contributed by atoms with Crippen molar-refractivity contribution in [1.29, 1.82) is 0 Å². The van der Waals surface area contributed by atoms with Crippen LogP contribution in [0.1, 0.15) is 33.1 Å². The lowest BCUT2D eigenvalue weighted by Gasteiger charge is -2.29. The second kappa shape index (κ2) is 7.07. The van der Waals surface area contributed by atoms with E-state index in [9.17, 15) is 4.79 Å². The Morgan fingerprint density at radius 3 is 2.70 bits per heavy atom. The molecule has 0 aromatic carbocycles. The highest BCUT2D eigenvalue weighted by Crippen LogP contribution is 2.13. The van der Waals surface area contributed by atoms with E-state index in [0.717, 1.165) is 38.3 Å². The maximum atomic E-state index is 12.3. The van der Waals surface area contributed by atoms with E-state index in [1.54, 1.807) is 0 Å². The molecule has 1 aromatic rings. The molecule has 2 heterocycles. The number of nitrogens with zero attached hydrogens (tertiary/aromatic N) is 3.